The lowest BCUT2D eigenvalue weighted by Crippen LogP contribution is -2.32. The average Bonchev–Trinajstić information content (AvgIpc) is 3.15. The molecule has 2 heterocycles. The van der Waals surface area contributed by atoms with E-state index in [1.54, 1.807) is 6.07 Å². The average molecular weight is 333 g/mol. The molecular formula is C20H19N3O2. The van der Waals surface area contributed by atoms with Crippen LogP contribution in [0.3, 0.4) is 0 Å². The molecule has 1 aliphatic rings. The predicted octanol–water partition coefficient (Wildman–Crippen LogP) is 2.83. The van der Waals surface area contributed by atoms with E-state index in [2.05, 4.69) is 22.3 Å². The number of H-pyrrole nitrogens is 1. The number of aromatic nitrogens is 2. The fourth-order valence-electron chi connectivity index (χ4n) is 3.64. The molecule has 25 heavy (non-hydrogen) atoms. The number of aromatic amines is 1. The molecule has 1 aromatic heterocycles. The highest BCUT2D eigenvalue weighted by Crippen LogP contribution is 2.32. The lowest BCUT2D eigenvalue weighted by molar-refractivity contribution is -0.131. The molecule has 4 rings (SSSR count). The van der Waals surface area contributed by atoms with Crippen LogP contribution in [-0.4, -0.2) is 27.5 Å². The fraction of sp³-hybridized carbons (Fsp3) is 0.250. The van der Waals surface area contributed by atoms with Crippen molar-refractivity contribution < 1.29 is 4.79 Å². The zero-order valence-corrected chi connectivity index (χ0v) is 13.8. The highest BCUT2D eigenvalue weighted by Gasteiger charge is 2.30. The van der Waals surface area contributed by atoms with Crippen LogP contribution in [0.2, 0.25) is 0 Å². The van der Waals surface area contributed by atoms with E-state index in [4.69, 9.17) is 0 Å². The van der Waals surface area contributed by atoms with Crippen molar-refractivity contribution >= 4 is 16.7 Å². The Bertz CT molecular complexity index is 965. The maximum absolute atomic E-state index is 12.9. The summed E-state index contributed by atoms with van der Waals surface area (Å²) in [7, 11) is 0. The topological polar surface area (TPSA) is 66.1 Å². The van der Waals surface area contributed by atoms with E-state index >= 15 is 0 Å². The smallest absolute Gasteiger partial charge is 0.272 e. The predicted molar refractivity (Wildman–Crippen MR) is 96.2 cm³/mol. The van der Waals surface area contributed by atoms with Crippen LogP contribution in [0.1, 0.15) is 30.1 Å². The summed E-state index contributed by atoms with van der Waals surface area (Å²) in [6.45, 7) is 0.764. The van der Waals surface area contributed by atoms with Gasteiger partial charge in [-0.3, -0.25) is 9.59 Å². The number of hydrogen-bond donors (Lipinski definition) is 1. The third-order valence-corrected chi connectivity index (χ3v) is 4.85. The molecule has 126 valence electrons. The first-order valence-corrected chi connectivity index (χ1v) is 8.55. The van der Waals surface area contributed by atoms with Gasteiger partial charge in [-0.05, 0) is 24.5 Å². The van der Waals surface area contributed by atoms with Crippen LogP contribution in [0.4, 0.5) is 0 Å². The lowest BCUT2D eigenvalue weighted by atomic mass is 10.0. The first-order valence-electron chi connectivity index (χ1n) is 8.55. The van der Waals surface area contributed by atoms with Crippen LogP contribution in [-0.2, 0) is 11.2 Å². The minimum absolute atomic E-state index is 0.0519. The zero-order chi connectivity index (χ0) is 17.2. The second kappa shape index (κ2) is 6.51. The molecular weight excluding hydrogens is 314 g/mol. The van der Waals surface area contributed by atoms with E-state index in [0.29, 0.717) is 11.1 Å². The molecule has 1 amide bonds. The molecule has 2 aromatic carbocycles. The van der Waals surface area contributed by atoms with Gasteiger partial charge >= 0.3 is 0 Å². The standard InChI is InChI=1S/C20H19N3O2/c24-19(23-12-6-11-18(23)14-7-2-1-3-8-14)13-17-15-9-4-5-10-16(15)20(25)22-21-17/h1-5,7-10,18H,6,11-13H2,(H,22,25). The first-order chi connectivity index (χ1) is 12.2. The van der Waals surface area contributed by atoms with E-state index in [1.807, 2.05) is 41.3 Å². The lowest BCUT2D eigenvalue weighted by Gasteiger charge is -2.25. The van der Waals surface area contributed by atoms with Crippen LogP contribution >= 0.6 is 0 Å². The van der Waals surface area contributed by atoms with Gasteiger partial charge in [0, 0.05) is 11.9 Å². The number of benzene rings is 2. The highest BCUT2D eigenvalue weighted by molar-refractivity contribution is 5.88. The van der Waals surface area contributed by atoms with Crippen LogP contribution < -0.4 is 5.56 Å². The van der Waals surface area contributed by atoms with Crippen molar-refractivity contribution in [2.24, 2.45) is 0 Å². The summed E-state index contributed by atoms with van der Waals surface area (Å²) in [6, 6.07) is 17.6. The Labute approximate surface area is 145 Å². The van der Waals surface area contributed by atoms with Gasteiger partial charge in [-0.15, -0.1) is 0 Å². The van der Waals surface area contributed by atoms with E-state index in [0.717, 1.165) is 24.8 Å². The van der Waals surface area contributed by atoms with Crippen LogP contribution in [0.25, 0.3) is 10.8 Å². The Hall–Kier alpha value is -2.95. The quantitative estimate of drug-likeness (QED) is 0.801. The van der Waals surface area contributed by atoms with Crippen LogP contribution in [0, 0.1) is 0 Å². The van der Waals surface area contributed by atoms with Gasteiger partial charge < -0.3 is 4.90 Å². The number of nitrogens with zero attached hydrogens (tertiary/aromatic N) is 2. The monoisotopic (exact) mass is 333 g/mol. The Morgan fingerprint density at radius 2 is 1.80 bits per heavy atom. The largest absolute Gasteiger partial charge is 0.335 e. The van der Waals surface area contributed by atoms with Gasteiger partial charge in [0.2, 0.25) is 5.91 Å². The van der Waals surface area contributed by atoms with Gasteiger partial charge in [-0.25, -0.2) is 5.10 Å². The van der Waals surface area contributed by atoms with Crippen molar-refractivity contribution in [1.82, 2.24) is 15.1 Å². The van der Waals surface area contributed by atoms with E-state index in [1.165, 1.54) is 5.56 Å². The molecule has 0 aliphatic carbocycles. The molecule has 1 aliphatic heterocycles. The molecule has 0 bridgehead atoms. The second-order valence-corrected chi connectivity index (χ2v) is 6.38. The number of carbonyl (C=O) groups is 1. The molecule has 0 saturated carbocycles. The van der Waals surface area contributed by atoms with Gasteiger partial charge in [-0.1, -0.05) is 48.5 Å². The number of hydrogen-bond acceptors (Lipinski definition) is 3. The van der Waals surface area contributed by atoms with Crippen molar-refractivity contribution in [1.29, 1.82) is 0 Å². The summed E-state index contributed by atoms with van der Waals surface area (Å²) in [5.41, 5.74) is 1.57. The first kappa shape index (κ1) is 15.6. The highest BCUT2D eigenvalue weighted by atomic mass is 16.2. The van der Waals surface area contributed by atoms with Gasteiger partial charge in [0.1, 0.15) is 0 Å². The molecule has 0 radical (unpaired) electrons. The molecule has 1 atom stereocenters. The second-order valence-electron chi connectivity index (χ2n) is 6.38. The third-order valence-electron chi connectivity index (χ3n) is 4.85. The van der Waals surface area contributed by atoms with Crippen molar-refractivity contribution in [3.63, 3.8) is 0 Å². The van der Waals surface area contributed by atoms with Crippen molar-refractivity contribution in [3.05, 3.63) is 76.2 Å². The van der Waals surface area contributed by atoms with Gasteiger partial charge in [0.25, 0.3) is 5.56 Å². The number of nitrogens with one attached hydrogen (secondary N) is 1. The molecule has 0 spiro atoms. The fourth-order valence-corrected chi connectivity index (χ4v) is 3.64. The molecule has 1 N–H and O–H groups in total. The van der Waals surface area contributed by atoms with E-state index in [9.17, 15) is 9.59 Å². The van der Waals surface area contributed by atoms with Crippen molar-refractivity contribution in [3.8, 4) is 0 Å². The third kappa shape index (κ3) is 2.93. The minimum Gasteiger partial charge on any atom is -0.335 e. The summed E-state index contributed by atoms with van der Waals surface area (Å²) in [6.07, 6.45) is 2.18. The van der Waals surface area contributed by atoms with Crippen LogP contribution in [0.5, 0.6) is 0 Å². The minimum atomic E-state index is -0.227. The molecule has 3 aromatic rings. The summed E-state index contributed by atoms with van der Waals surface area (Å²) >= 11 is 0. The Morgan fingerprint density at radius 1 is 1.08 bits per heavy atom. The number of fused-ring (bicyclic) bond motifs is 1. The summed E-state index contributed by atoms with van der Waals surface area (Å²) in [5.74, 6) is 0.0519. The van der Waals surface area contributed by atoms with Crippen molar-refractivity contribution in [2.45, 2.75) is 25.3 Å². The van der Waals surface area contributed by atoms with E-state index < -0.39 is 0 Å². The van der Waals surface area contributed by atoms with Gasteiger partial charge in [0.15, 0.2) is 0 Å². The number of rotatable bonds is 3. The maximum Gasteiger partial charge on any atom is 0.272 e. The molecule has 5 nitrogen and oxygen atoms in total. The number of amides is 1. The Morgan fingerprint density at radius 3 is 2.60 bits per heavy atom. The zero-order valence-electron chi connectivity index (χ0n) is 13.8. The number of likely N-dealkylation sites (tertiary alicyclic amines) is 1. The van der Waals surface area contributed by atoms with Crippen LogP contribution in [0.15, 0.2) is 59.4 Å². The Kier molecular flexibility index (Phi) is 4.06. The molecule has 1 fully saturated rings. The molecule has 1 unspecified atom stereocenters. The van der Waals surface area contributed by atoms with E-state index in [-0.39, 0.29) is 23.9 Å². The SMILES string of the molecule is O=C(Cc1n[nH]c(=O)c2ccccc12)N1CCCC1c1ccccc1. The summed E-state index contributed by atoms with van der Waals surface area (Å²) in [4.78, 5) is 26.8. The Balaban J connectivity index is 1.62. The summed E-state index contributed by atoms with van der Waals surface area (Å²) < 4.78 is 0. The van der Waals surface area contributed by atoms with Crippen molar-refractivity contribution in [2.75, 3.05) is 6.54 Å². The van der Waals surface area contributed by atoms with Gasteiger partial charge in [-0.2, -0.15) is 5.10 Å². The molecule has 1 saturated heterocycles. The maximum atomic E-state index is 12.9. The number of carbonyl (C=O) groups excluding carboxylic acids is 1. The molecule has 5 heteroatoms. The normalized spacial score (nSPS) is 17.1. The summed E-state index contributed by atoms with van der Waals surface area (Å²) in [5, 5.41) is 7.95. The van der Waals surface area contributed by atoms with Gasteiger partial charge in [0.05, 0.1) is 23.5 Å².